The van der Waals surface area contributed by atoms with E-state index in [0.717, 1.165) is 0 Å². The first-order chi connectivity index (χ1) is 13.6. The molecule has 0 saturated heterocycles. The lowest BCUT2D eigenvalue weighted by Gasteiger charge is -2.24. The Hall–Kier alpha value is -3.19. The molecule has 0 fully saturated rings. The fourth-order valence-electron chi connectivity index (χ4n) is 2.41. The Morgan fingerprint density at radius 3 is 2.48 bits per heavy atom. The molecule has 162 valence electrons. The molecule has 0 aliphatic heterocycles. The summed E-state index contributed by atoms with van der Waals surface area (Å²) in [5, 5.41) is 23.8. The fraction of sp³-hybridized carbons (Fsp3) is 0.562. The van der Waals surface area contributed by atoms with Crippen molar-refractivity contribution >= 4 is 23.7 Å². The van der Waals surface area contributed by atoms with Gasteiger partial charge in [0.05, 0.1) is 18.5 Å². The molecule has 13 nitrogen and oxygen atoms in total. The van der Waals surface area contributed by atoms with Gasteiger partial charge in [-0.05, 0) is 19.8 Å². The van der Waals surface area contributed by atoms with E-state index in [-0.39, 0.29) is 25.3 Å². The van der Waals surface area contributed by atoms with Crippen molar-refractivity contribution in [3.05, 3.63) is 18.2 Å². The highest BCUT2D eigenvalue weighted by atomic mass is 16.4. The fourth-order valence-corrected chi connectivity index (χ4v) is 2.41. The Kier molecular flexibility index (Phi) is 9.55. The number of carboxylic acid groups (broad SMARTS) is 1. The summed E-state index contributed by atoms with van der Waals surface area (Å²) in [4.78, 5) is 46.4. The van der Waals surface area contributed by atoms with Gasteiger partial charge in [0, 0.05) is 24.9 Å². The number of H-pyrrole nitrogens is 1. The van der Waals surface area contributed by atoms with Crippen molar-refractivity contribution in [3.8, 4) is 0 Å². The van der Waals surface area contributed by atoms with Crippen LogP contribution in [0.1, 0.15) is 25.5 Å². The van der Waals surface area contributed by atoms with E-state index >= 15 is 0 Å². The molecule has 1 aromatic rings. The van der Waals surface area contributed by atoms with Crippen LogP contribution in [-0.4, -0.2) is 74.7 Å². The van der Waals surface area contributed by atoms with Gasteiger partial charge < -0.3 is 43.0 Å². The van der Waals surface area contributed by atoms with Crippen molar-refractivity contribution < 1.29 is 24.6 Å². The van der Waals surface area contributed by atoms with Crippen molar-refractivity contribution in [1.29, 1.82) is 0 Å². The molecule has 0 aliphatic rings. The summed E-state index contributed by atoms with van der Waals surface area (Å²) >= 11 is 0. The van der Waals surface area contributed by atoms with Gasteiger partial charge in [-0.2, -0.15) is 0 Å². The first-order valence-corrected chi connectivity index (χ1v) is 8.91. The number of imidazole rings is 1. The summed E-state index contributed by atoms with van der Waals surface area (Å²) in [5.41, 5.74) is 16.8. The number of hydrogen-bond acceptors (Lipinski definition) is 7. The number of aliphatic carboxylic acids is 1. The van der Waals surface area contributed by atoms with E-state index in [4.69, 9.17) is 17.2 Å². The predicted molar refractivity (Wildman–Crippen MR) is 103 cm³/mol. The molecule has 0 unspecified atom stereocenters. The van der Waals surface area contributed by atoms with Crippen LogP contribution < -0.4 is 27.8 Å². The van der Waals surface area contributed by atoms with Gasteiger partial charge in [-0.25, -0.2) is 9.78 Å². The number of rotatable bonds is 12. The lowest BCUT2D eigenvalue weighted by atomic mass is 10.1. The zero-order valence-corrected chi connectivity index (χ0v) is 16.0. The summed E-state index contributed by atoms with van der Waals surface area (Å²) in [6.45, 7) is 1.49. The summed E-state index contributed by atoms with van der Waals surface area (Å²) in [7, 11) is 0. The maximum absolute atomic E-state index is 12.4. The molecular weight excluding hydrogens is 384 g/mol. The number of hydrogen-bond donors (Lipinski definition) is 8. The van der Waals surface area contributed by atoms with Crippen molar-refractivity contribution in [2.75, 3.05) is 6.54 Å². The van der Waals surface area contributed by atoms with E-state index in [0.29, 0.717) is 12.1 Å². The standard InChI is InChI=1S/C16H28N8O5/c1-8(25)12(24-13(26)10(17)5-9-6-20-7-22-9)14(27)23-11(15(28)29)3-2-4-21-16(18)19/h6-8,10-12,25H,2-5,17H2,1H3,(H,20,22)(H,23,27)(H,24,26)(H,28,29)(H4,18,19,21)/t8-,10+,11+,12+/m1/s1. The van der Waals surface area contributed by atoms with Gasteiger partial charge in [0.25, 0.3) is 0 Å². The average Bonchev–Trinajstić information content (AvgIpc) is 3.13. The predicted octanol–water partition coefficient (Wildman–Crippen LogP) is -3.23. The highest BCUT2D eigenvalue weighted by Gasteiger charge is 2.30. The molecular formula is C16H28N8O5. The summed E-state index contributed by atoms with van der Waals surface area (Å²) in [6, 6.07) is -3.62. The number of aliphatic imine (C=N–C) groups is 1. The zero-order chi connectivity index (χ0) is 22.0. The Morgan fingerprint density at radius 2 is 1.97 bits per heavy atom. The normalized spacial score (nSPS) is 14.9. The van der Waals surface area contributed by atoms with E-state index in [1.165, 1.54) is 19.4 Å². The lowest BCUT2D eigenvalue weighted by molar-refractivity contribution is -0.143. The molecule has 4 atom stereocenters. The second kappa shape index (κ2) is 11.6. The molecule has 11 N–H and O–H groups in total. The topological polar surface area (TPSA) is 235 Å². The highest BCUT2D eigenvalue weighted by Crippen LogP contribution is 2.03. The third kappa shape index (κ3) is 8.57. The van der Waals surface area contributed by atoms with Crippen LogP contribution in [0, 0.1) is 0 Å². The van der Waals surface area contributed by atoms with Crippen molar-refractivity contribution in [1.82, 2.24) is 20.6 Å². The second-order valence-corrected chi connectivity index (χ2v) is 6.46. The number of aliphatic hydroxyl groups is 1. The smallest absolute Gasteiger partial charge is 0.326 e. The van der Waals surface area contributed by atoms with Gasteiger partial charge >= 0.3 is 5.97 Å². The first-order valence-electron chi connectivity index (χ1n) is 8.91. The molecule has 0 radical (unpaired) electrons. The van der Waals surface area contributed by atoms with Crippen LogP contribution in [-0.2, 0) is 20.8 Å². The Bertz CT molecular complexity index is 702. The Morgan fingerprint density at radius 1 is 1.28 bits per heavy atom. The molecule has 0 aliphatic carbocycles. The van der Waals surface area contributed by atoms with Gasteiger partial charge in [-0.15, -0.1) is 0 Å². The minimum absolute atomic E-state index is 0.0532. The monoisotopic (exact) mass is 412 g/mol. The summed E-state index contributed by atoms with van der Waals surface area (Å²) < 4.78 is 0. The van der Waals surface area contributed by atoms with Crippen LogP contribution >= 0.6 is 0 Å². The summed E-state index contributed by atoms with van der Waals surface area (Å²) in [5.74, 6) is -2.92. The number of aromatic nitrogens is 2. The summed E-state index contributed by atoms with van der Waals surface area (Å²) in [6.07, 6.45) is 2.15. The van der Waals surface area contributed by atoms with Crippen molar-refractivity contribution in [2.45, 2.75) is 50.4 Å². The molecule has 0 saturated carbocycles. The van der Waals surface area contributed by atoms with E-state index in [9.17, 15) is 24.6 Å². The minimum atomic E-state index is -1.38. The van der Waals surface area contributed by atoms with Gasteiger partial charge in [0.15, 0.2) is 5.96 Å². The number of nitrogens with two attached hydrogens (primary N) is 3. The van der Waals surface area contributed by atoms with E-state index < -0.39 is 42.0 Å². The SMILES string of the molecule is C[C@@H](O)[C@H](NC(=O)[C@@H](N)Cc1cnc[nH]1)C(=O)N[C@@H](CCCN=C(N)N)C(=O)O. The largest absolute Gasteiger partial charge is 0.480 e. The van der Waals surface area contributed by atoms with E-state index in [2.05, 4.69) is 25.6 Å². The van der Waals surface area contributed by atoms with E-state index in [1.54, 1.807) is 0 Å². The van der Waals surface area contributed by atoms with Gasteiger partial charge in [-0.1, -0.05) is 0 Å². The Labute approximate surface area is 167 Å². The second-order valence-electron chi connectivity index (χ2n) is 6.46. The maximum Gasteiger partial charge on any atom is 0.326 e. The molecule has 1 heterocycles. The number of amides is 2. The molecule has 2 amide bonds. The molecule has 0 spiro atoms. The number of guanidine groups is 1. The van der Waals surface area contributed by atoms with Crippen LogP contribution in [0.4, 0.5) is 0 Å². The molecule has 29 heavy (non-hydrogen) atoms. The number of nitrogens with one attached hydrogen (secondary N) is 3. The van der Waals surface area contributed by atoms with Crippen LogP contribution in [0.25, 0.3) is 0 Å². The first kappa shape index (κ1) is 23.8. The van der Waals surface area contributed by atoms with E-state index in [1.807, 2.05) is 0 Å². The van der Waals surface area contributed by atoms with Crippen LogP contribution in [0.15, 0.2) is 17.5 Å². The number of aromatic amines is 1. The third-order valence-corrected chi connectivity index (χ3v) is 3.95. The maximum atomic E-state index is 12.4. The van der Waals surface area contributed by atoms with Gasteiger partial charge in [0.2, 0.25) is 11.8 Å². The van der Waals surface area contributed by atoms with Crippen LogP contribution in [0.2, 0.25) is 0 Å². The van der Waals surface area contributed by atoms with Crippen LogP contribution in [0.5, 0.6) is 0 Å². The number of nitrogens with zero attached hydrogens (tertiary/aromatic N) is 2. The lowest BCUT2D eigenvalue weighted by Crippen LogP contribution is -2.58. The minimum Gasteiger partial charge on any atom is -0.480 e. The quantitative estimate of drug-likeness (QED) is 0.0976. The number of carbonyl (C=O) groups is 3. The number of aliphatic hydroxyl groups excluding tert-OH is 1. The third-order valence-electron chi connectivity index (χ3n) is 3.95. The number of carbonyl (C=O) groups excluding carboxylic acids is 2. The van der Waals surface area contributed by atoms with Crippen molar-refractivity contribution in [2.24, 2.45) is 22.2 Å². The van der Waals surface area contributed by atoms with Crippen LogP contribution in [0.3, 0.4) is 0 Å². The van der Waals surface area contributed by atoms with Crippen molar-refractivity contribution in [3.63, 3.8) is 0 Å². The number of carboxylic acids is 1. The molecule has 13 heteroatoms. The molecule has 1 rings (SSSR count). The highest BCUT2D eigenvalue weighted by molar-refractivity contribution is 5.92. The Balaban J connectivity index is 2.67. The molecule has 0 aromatic carbocycles. The van der Waals surface area contributed by atoms with Gasteiger partial charge in [-0.3, -0.25) is 14.6 Å². The molecule has 0 bridgehead atoms. The molecule has 1 aromatic heterocycles. The zero-order valence-electron chi connectivity index (χ0n) is 16.0. The van der Waals surface area contributed by atoms with Gasteiger partial charge in [0.1, 0.15) is 12.1 Å². The average molecular weight is 412 g/mol.